The maximum atomic E-state index is 12.6. The van der Waals surface area contributed by atoms with Gasteiger partial charge in [-0.3, -0.25) is 4.79 Å². The molecule has 0 fully saturated rings. The first-order valence-corrected chi connectivity index (χ1v) is 8.25. The molecule has 1 atom stereocenters. The number of nitrogens with two attached hydrogens (primary N) is 1. The van der Waals surface area contributed by atoms with E-state index < -0.39 is 11.9 Å². The minimum Gasteiger partial charge on any atom is -0.493 e. The molecule has 0 radical (unpaired) electrons. The Bertz CT molecular complexity index is 823. The number of allylic oxidation sites excluding steroid dienone is 2. The summed E-state index contributed by atoms with van der Waals surface area (Å²) in [7, 11) is 4.32. The molecule has 1 aromatic carbocycles. The van der Waals surface area contributed by atoms with Gasteiger partial charge in [0.1, 0.15) is 11.3 Å². The fourth-order valence-electron chi connectivity index (χ4n) is 3.43. The van der Waals surface area contributed by atoms with Crippen molar-refractivity contribution in [2.45, 2.75) is 25.2 Å². The van der Waals surface area contributed by atoms with E-state index in [1.807, 2.05) is 0 Å². The third-order valence-corrected chi connectivity index (χ3v) is 4.63. The highest BCUT2D eigenvalue weighted by Gasteiger charge is 2.41. The molecule has 2 N–H and O–H groups in total. The topological polar surface area (TPSA) is 97.1 Å². The summed E-state index contributed by atoms with van der Waals surface area (Å²) < 4.78 is 21.1. The number of benzene rings is 1. The molecule has 0 aromatic heterocycles. The van der Waals surface area contributed by atoms with Gasteiger partial charge in [-0.15, -0.1) is 0 Å². The van der Waals surface area contributed by atoms with Crippen LogP contribution in [-0.4, -0.2) is 33.1 Å². The van der Waals surface area contributed by atoms with E-state index in [9.17, 15) is 9.59 Å². The number of carbonyl (C=O) groups excluding carboxylic acids is 2. The van der Waals surface area contributed by atoms with Crippen LogP contribution in [0.5, 0.6) is 11.5 Å². The van der Waals surface area contributed by atoms with E-state index in [2.05, 4.69) is 0 Å². The van der Waals surface area contributed by atoms with E-state index in [0.717, 1.165) is 0 Å². The van der Waals surface area contributed by atoms with Crippen molar-refractivity contribution in [2.24, 2.45) is 5.73 Å². The van der Waals surface area contributed by atoms with Gasteiger partial charge in [0.25, 0.3) is 0 Å². The molecule has 0 spiro atoms. The molecule has 138 valence electrons. The van der Waals surface area contributed by atoms with Crippen LogP contribution >= 0.6 is 0 Å². The zero-order valence-electron chi connectivity index (χ0n) is 15.0. The lowest BCUT2D eigenvalue weighted by Crippen LogP contribution is -2.31. The van der Waals surface area contributed by atoms with Gasteiger partial charge in [-0.2, -0.15) is 0 Å². The minimum atomic E-state index is -0.668. The van der Waals surface area contributed by atoms with Gasteiger partial charge < -0.3 is 24.7 Å². The minimum absolute atomic E-state index is 0.0370. The molecule has 1 aromatic rings. The number of esters is 1. The second kappa shape index (κ2) is 7.11. The van der Waals surface area contributed by atoms with E-state index in [1.165, 1.54) is 21.3 Å². The Morgan fingerprint density at radius 3 is 2.54 bits per heavy atom. The number of Topliss-reactive ketones (excluding diaryl/α,β-unsaturated/α-hetero) is 1. The Kier molecular flexibility index (Phi) is 4.88. The van der Waals surface area contributed by atoms with Crippen LogP contribution < -0.4 is 15.2 Å². The van der Waals surface area contributed by atoms with Gasteiger partial charge in [0.05, 0.1) is 27.2 Å². The monoisotopic (exact) mass is 359 g/mol. The predicted octanol–water partition coefficient (Wildman–Crippen LogP) is 2.17. The third-order valence-electron chi connectivity index (χ3n) is 4.63. The van der Waals surface area contributed by atoms with Crippen molar-refractivity contribution in [3.8, 4) is 11.5 Å². The summed E-state index contributed by atoms with van der Waals surface area (Å²) in [5.41, 5.74) is 7.27. The van der Waals surface area contributed by atoms with Gasteiger partial charge in [0.2, 0.25) is 5.88 Å². The molecule has 0 saturated heterocycles. The number of ether oxygens (including phenoxy) is 4. The SMILES string of the molecule is COC(=O)C1=C(N)OC2=C(C(=O)CCC2)[C@@H]1c1ccc(OC)c(OC)c1. The van der Waals surface area contributed by atoms with Crippen LogP contribution in [0.1, 0.15) is 30.7 Å². The molecular formula is C19H21NO6. The molecule has 7 nitrogen and oxygen atoms in total. The molecule has 1 aliphatic carbocycles. The summed E-state index contributed by atoms with van der Waals surface area (Å²) in [4.78, 5) is 25.0. The molecule has 2 aliphatic rings. The van der Waals surface area contributed by atoms with E-state index in [1.54, 1.807) is 18.2 Å². The first-order chi connectivity index (χ1) is 12.5. The van der Waals surface area contributed by atoms with Crippen LogP contribution in [0, 0.1) is 0 Å². The van der Waals surface area contributed by atoms with Crippen molar-refractivity contribution in [3.05, 3.63) is 46.6 Å². The van der Waals surface area contributed by atoms with E-state index in [0.29, 0.717) is 47.7 Å². The molecule has 3 rings (SSSR count). The van der Waals surface area contributed by atoms with Crippen LogP contribution in [-0.2, 0) is 19.1 Å². The van der Waals surface area contributed by atoms with Gasteiger partial charge in [0, 0.05) is 18.4 Å². The lowest BCUT2D eigenvalue weighted by Gasteiger charge is -2.32. The van der Waals surface area contributed by atoms with Crippen molar-refractivity contribution in [1.82, 2.24) is 0 Å². The molecule has 0 saturated carbocycles. The van der Waals surface area contributed by atoms with Crippen LogP contribution in [0.2, 0.25) is 0 Å². The highest BCUT2D eigenvalue weighted by atomic mass is 16.5. The van der Waals surface area contributed by atoms with Crippen molar-refractivity contribution < 1.29 is 28.5 Å². The lowest BCUT2D eigenvalue weighted by molar-refractivity contribution is -0.136. The molecular weight excluding hydrogens is 338 g/mol. The highest BCUT2D eigenvalue weighted by molar-refractivity contribution is 6.03. The van der Waals surface area contributed by atoms with E-state index in [4.69, 9.17) is 24.7 Å². The zero-order chi connectivity index (χ0) is 18.8. The predicted molar refractivity (Wildman–Crippen MR) is 92.5 cm³/mol. The summed E-state index contributed by atoms with van der Waals surface area (Å²) >= 11 is 0. The average Bonchev–Trinajstić information content (AvgIpc) is 2.66. The first-order valence-electron chi connectivity index (χ1n) is 8.25. The molecule has 0 unspecified atom stereocenters. The van der Waals surface area contributed by atoms with Crippen molar-refractivity contribution in [3.63, 3.8) is 0 Å². The maximum absolute atomic E-state index is 12.6. The third kappa shape index (κ3) is 2.89. The fraction of sp³-hybridized carbons (Fsp3) is 0.368. The smallest absolute Gasteiger partial charge is 0.340 e. The van der Waals surface area contributed by atoms with E-state index in [-0.39, 0.29) is 17.2 Å². The van der Waals surface area contributed by atoms with Crippen molar-refractivity contribution in [1.29, 1.82) is 0 Å². The second-order valence-corrected chi connectivity index (χ2v) is 6.03. The molecule has 0 amide bonds. The Morgan fingerprint density at radius 1 is 1.15 bits per heavy atom. The highest BCUT2D eigenvalue weighted by Crippen LogP contribution is 2.45. The Morgan fingerprint density at radius 2 is 1.88 bits per heavy atom. The number of carbonyl (C=O) groups is 2. The normalized spacial score (nSPS) is 19.7. The molecule has 26 heavy (non-hydrogen) atoms. The fourth-order valence-corrected chi connectivity index (χ4v) is 3.43. The van der Waals surface area contributed by atoms with Crippen LogP contribution in [0.25, 0.3) is 0 Å². The molecule has 0 bridgehead atoms. The number of hydrogen-bond donors (Lipinski definition) is 1. The zero-order valence-corrected chi connectivity index (χ0v) is 15.0. The first kappa shape index (κ1) is 17.8. The molecule has 1 aliphatic heterocycles. The summed E-state index contributed by atoms with van der Waals surface area (Å²) in [6, 6.07) is 5.24. The summed E-state index contributed by atoms with van der Waals surface area (Å²) in [6.07, 6.45) is 1.69. The average molecular weight is 359 g/mol. The molecule has 7 heteroatoms. The Hall–Kier alpha value is -2.96. The number of methoxy groups -OCH3 is 3. The van der Waals surface area contributed by atoms with Gasteiger partial charge in [0.15, 0.2) is 17.3 Å². The van der Waals surface area contributed by atoms with Gasteiger partial charge >= 0.3 is 5.97 Å². The number of ketones is 1. The van der Waals surface area contributed by atoms with Gasteiger partial charge in [-0.05, 0) is 24.1 Å². The summed E-state index contributed by atoms with van der Waals surface area (Å²) in [5.74, 6) is 0.163. The second-order valence-electron chi connectivity index (χ2n) is 6.03. The van der Waals surface area contributed by atoms with Crippen molar-refractivity contribution >= 4 is 11.8 Å². The number of hydrogen-bond acceptors (Lipinski definition) is 7. The summed E-state index contributed by atoms with van der Waals surface area (Å²) in [5, 5.41) is 0. The van der Waals surface area contributed by atoms with Gasteiger partial charge in [-0.25, -0.2) is 4.79 Å². The van der Waals surface area contributed by atoms with Crippen LogP contribution in [0.3, 0.4) is 0 Å². The number of rotatable bonds is 4. The van der Waals surface area contributed by atoms with Crippen LogP contribution in [0.4, 0.5) is 0 Å². The van der Waals surface area contributed by atoms with Crippen LogP contribution in [0.15, 0.2) is 41.0 Å². The van der Waals surface area contributed by atoms with E-state index >= 15 is 0 Å². The summed E-state index contributed by atoms with van der Waals surface area (Å²) in [6.45, 7) is 0. The lowest BCUT2D eigenvalue weighted by atomic mass is 9.77. The standard InChI is InChI=1S/C19H21NO6/c1-23-12-8-7-10(9-14(12)24-2)15-16-11(21)5-4-6-13(16)26-18(20)17(15)19(22)25-3/h7-9,15H,4-6,20H2,1-3H3/t15-/m0/s1. The van der Waals surface area contributed by atoms with Gasteiger partial charge in [-0.1, -0.05) is 6.07 Å². The molecule has 1 heterocycles. The maximum Gasteiger partial charge on any atom is 0.340 e. The quantitative estimate of drug-likeness (QED) is 0.823. The Labute approximate surface area is 151 Å². The van der Waals surface area contributed by atoms with Crippen molar-refractivity contribution in [2.75, 3.05) is 21.3 Å². The Balaban J connectivity index is 2.20. The largest absolute Gasteiger partial charge is 0.493 e.